The molecule has 2 amide bonds. The van der Waals surface area contributed by atoms with Gasteiger partial charge in [-0.1, -0.05) is 30.7 Å². The molecule has 0 atom stereocenters. The quantitative estimate of drug-likeness (QED) is 0.777. The molecule has 0 saturated heterocycles. The van der Waals surface area contributed by atoms with E-state index in [1.807, 2.05) is 19.1 Å². The van der Waals surface area contributed by atoms with Gasteiger partial charge in [0.15, 0.2) is 0 Å². The summed E-state index contributed by atoms with van der Waals surface area (Å²) in [6.07, 6.45) is -3.80. The molecule has 0 spiro atoms. The molecule has 2 aromatic rings. The molecule has 1 N–H and O–H groups in total. The van der Waals surface area contributed by atoms with E-state index in [9.17, 15) is 22.8 Å². The van der Waals surface area contributed by atoms with Crippen LogP contribution in [0, 0.1) is 0 Å². The second kappa shape index (κ2) is 8.43. The number of halogens is 4. The third-order valence-electron chi connectivity index (χ3n) is 3.89. The van der Waals surface area contributed by atoms with Crippen LogP contribution in [-0.4, -0.2) is 18.4 Å². The summed E-state index contributed by atoms with van der Waals surface area (Å²) in [5.74, 6) is -0.985. The number of rotatable bonds is 5. The summed E-state index contributed by atoms with van der Waals surface area (Å²) < 4.78 is 38.7. The van der Waals surface area contributed by atoms with Crippen LogP contribution in [0.1, 0.15) is 25.0 Å². The lowest BCUT2D eigenvalue weighted by Crippen LogP contribution is -2.36. The van der Waals surface area contributed by atoms with Crippen LogP contribution in [0.3, 0.4) is 0 Å². The number of carbonyl (C=O) groups excluding carboxylic acids is 2. The van der Waals surface area contributed by atoms with Crippen molar-refractivity contribution in [3.8, 4) is 0 Å². The molecule has 0 radical (unpaired) electrons. The van der Waals surface area contributed by atoms with Crippen molar-refractivity contribution >= 4 is 34.8 Å². The number of anilines is 2. The fraction of sp³-hybridized carbons (Fsp3) is 0.263. The Bertz CT molecular complexity index is 836. The average molecular weight is 399 g/mol. The molecule has 144 valence electrons. The predicted octanol–water partition coefficient (Wildman–Crippen LogP) is 4.91. The summed E-state index contributed by atoms with van der Waals surface area (Å²) in [4.78, 5) is 25.4. The lowest BCUT2D eigenvalue weighted by molar-refractivity contribution is -0.137. The molecule has 0 unspecified atom stereocenters. The van der Waals surface area contributed by atoms with Gasteiger partial charge >= 0.3 is 6.18 Å². The molecule has 0 fully saturated rings. The number of nitrogens with one attached hydrogen (secondary N) is 1. The van der Waals surface area contributed by atoms with E-state index in [2.05, 4.69) is 5.32 Å². The summed E-state index contributed by atoms with van der Waals surface area (Å²) in [7, 11) is 0. The van der Waals surface area contributed by atoms with Gasteiger partial charge in [0, 0.05) is 18.3 Å². The normalized spacial score (nSPS) is 11.2. The van der Waals surface area contributed by atoms with E-state index in [0.29, 0.717) is 5.69 Å². The van der Waals surface area contributed by atoms with Gasteiger partial charge in [-0.15, -0.1) is 0 Å². The number of aryl methyl sites for hydroxylation is 1. The van der Waals surface area contributed by atoms with Gasteiger partial charge in [0.2, 0.25) is 11.8 Å². The molecule has 0 aliphatic rings. The van der Waals surface area contributed by atoms with Crippen molar-refractivity contribution < 1.29 is 22.8 Å². The first-order chi connectivity index (χ1) is 12.6. The van der Waals surface area contributed by atoms with Crippen LogP contribution in [0.5, 0.6) is 0 Å². The number of hydrogen-bond donors (Lipinski definition) is 1. The maximum absolute atomic E-state index is 12.9. The van der Waals surface area contributed by atoms with E-state index in [4.69, 9.17) is 11.6 Å². The van der Waals surface area contributed by atoms with Crippen molar-refractivity contribution in [3.05, 3.63) is 58.6 Å². The lowest BCUT2D eigenvalue weighted by Gasteiger charge is -2.21. The standard InChI is InChI=1S/C19H18ClF3N2O2/c1-3-13-4-7-15(8-5-13)25(12(2)26)11-18(27)24-14-6-9-17(20)16(10-14)19(21,22)23/h4-10H,3,11H2,1-2H3,(H,24,27). The highest BCUT2D eigenvalue weighted by Crippen LogP contribution is 2.36. The Morgan fingerprint density at radius 3 is 2.26 bits per heavy atom. The second-order valence-corrected chi connectivity index (χ2v) is 6.27. The fourth-order valence-corrected chi connectivity index (χ4v) is 2.69. The topological polar surface area (TPSA) is 49.4 Å². The van der Waals surface area contributed by atoms with Gasteiger partial charge in [0.25, 0.3) is 0 Å². The number of carbonyl (C=O) groups is 2. The minimum Gasteiger partial charge on any atom is -0.325 e. The van der Waals surface area contributed by atoms with Crippen LogP contribution in [0.4, 0.5) is 24.5 Å². The summed E-state index contributed by atoms with van der Waals surface area (Å²) in [6, 6.07) is 10.2. The van der Waals surface area contributed by atoms with E-state index >= 15 is 0 Å². The molecule has 0 aliphatic carbocycles. The number of alkyl halides is 3. The molecular formula is C19H18ClF3N2O2. The van der Waals surface area contributed by atoms with Gasteiger partial charge in [-0.2, -0.15) is 13.2 Å². The minimum atomic E-state index is -4.63. The summed E-state index contributed by atoms with van der Waals surface area (Å²) in [6.45, 7) is 2.97. The number of benzene rings is 2. The first-order valence-electron chi connectivity index (χ1n) is 8.15. The molecule has 0 heterocycles. The van der Waals surface area contributed by atoms with Gasteiger partial charge in [0.1, 0.15) is 6.54 Å². The number of hydrogen-bond acceptors (Lipinski definition) is 2. The average Bonchev–Trinajstić information content (AvgIpc) is 2.60. The van der Waals surface area contributed by atoms with Gasteiger partial charge in [-0.3, -0.25) is 9.59 Å². The SMILES string of the molecule is CCc1ccc(N(CC(=O)Nc2ccc(Cl)c(C(F)(F)F)c2)C(C)=O)cc1. The third kappa shape index (κ3) is 5.47. The largest absolute Gasteiger partial charge is 0.417 e. The molecule has 0 bridgehead atoms. The highest BCUT2D eigenvalue weighted by atomic mass is 35.5. The van der Waals surface area contributed by atoms with Crippen molar-refractivity contribution in [1.82, 2.24) is 0 Å². The van der Waals surface area contributed by atoms with Crippen LogP contribution in [0.25, 0.3) is 0 Å². The fourth-order valence-electron chi connectivity index (χ4n) is 2.46. The van der Waals surface area contributed by atoms with Crippen molar-refractivity contribution in [3.63, 3.8) is 0 Å². The van der Waals surface area contributed by atoms with Crippen LogP contribution in [0.15, 0.2) is 42.5 Å². The van der Waals surface area contributed by atoms with Gasteiger partial charge < -0.3 is 10.2 Å². The maximum atomic E-state index is 12.9. The van der Waals surface area contributed by atoms with Gasteiger partial charge in [-0.05, 0) is 42.3 Å². The molecule has 27 heavy (non-hydrogen) atoms. The van der Waals surface area contributed by atoms with Crippen molar-refractivity contribution in [2.24, 2.45) is 0 Å². The predicted molar refractivity (Wildman–Crippen MR) is 98.9 cm³/mol. The Labute approximate surface area is 159 Å². The summed E-state index contributed by atoms with van der Waals surface area (Å²) >= 11 is 5.56. The first kappa shape index (κ1) is 20.8. The van der Waals surface area contributed by atoms with Crippen molar-refractivity contribution in [1.29, 1.82) is 0 Å². The van der Waals surface area contributed by atoms with Crippen LogP contribution in [-0.2, 0) is 22.2 Å². The molecule has 2 aromatic carbocycles. The monoisotopic (exact) mass is 398 g/mol. The molecule has 4 nitrogen and oxygen atoms in total. The highest BCUT2D eigenvalue weighted by molar-refractivity contribution is 6.31. The Kier molecular flexibility index (Phi) is 6.49. The smallest absolute Gasteiger partial charge is 0.325 e. The molecule has 8 heteroatoms. The maximum Gasteiger partial charge on any atom is 0.417 e. The van der Waals surface area contributed by atoms with Gasteiger partial charge in [-0.25, -0.2) is 0 Å². The first-order valence-corrected chi connectivity index (χ1v) is 8.53. The minimum absolute atomic E-state index is 0.0541. The van der Waals surface area contributed by atoms with Crippen LogP contribution < -0.4 is 10.2 Å². The number of nitrogens with zero attached hydrogens (tertiary/aromatic N) is 1. The van der Waals surface area contributed by atoms with E-state index in [-0.39, 0.29) is 18.1 Å². The zero-order valence-corrected chi connectivity index (χ0v) is 15.5. The van der Waals surface area contributed by atoms with E-state index in [0.717, 1.165) is 24.1 Å². The summed E-state index contributed by atoms with van der Waals surface area (Å²) in [5, 5.41) is 1.91. The third-order valence-corrected chi connectivity index (χ3v) is 4.22. The summed E-state index contributed by atoms with van der Waals surface area (Å²) in [5.41, 5.74) is 0.511. The van der Waals surface area contributed by atoms with Crippen LogP contribution >= 0.6 is 11.6 Å². The molecule has 2 rings (SSSR count). The molecule has 0 saturated carbocycles. The zero-order valence-electron chi connectivity index (χ0n) is 14.7. The van der Waals surface area contributed by atoms with Crippen molar-refractivity contribution in [2.75, 3.05) is 16.8 Å². The Morgan fingerprint density at radius 1 is 1.11 bits per heavy atom. The van der Waals surface area contributed by atoms with E-state index < -0.39 is 22.7 Å². The zero-order chi connectivity index (χ0) is 20.2. The molecular weight excluding hydrogens is 381 g/mol. The highest BCUT2D eigenvalue weighted by Gasteiger charge is 2.33. The van der Waals surface area contributed by atoms with Crippen LogP contribution in [0.2, 0.25) is 5.02 Å². The van der Waals surface area contributed by atoms with E-state index in [1.165, 1.54) is 17.9 Å². The Balaban J connectivity index is 2.16. The van der Waals surface area contributed by atoms with Crippen molar-refractivity contribution in [2.45, 2.75) is 26.4 Å². The Morgan fingerprint density at radius 2 is 1.74 bits per heavy atom. The van der Waals surface area contributed by atoms with Gasteiger partial charge in [0.05, 0.1) is 10.6 Å². The number of amides is 2. The van der Waals surface area contributed by atoms with E-state index in [1.54, 1.807) is 12.1 Å². The molecule has 0 aliphatic heterocycles. The second-order valence-electron chi connectivity index (χ2n) is 5.87. The molecule has 0 aromatic heterocycles. The Hall–Kier alpha value is -2.54. The lowest BCUT2D eigenvalue weighted by atomic mass is 10.1.